The number of hydrogen-bond donors (Lipinski definition) is 3. The van der Waals surface area contributed by atoms with E-state index in [-0.39, 0.29) is 25.1 Å². The molecule has 7 heteroatoms. The molecular formula is C18H21ClN3O3+. The molecule has 0 heterocycles. The zero-order valence-corrected chi connectivity index (χ0v) is 14.6. The van der Waals surface area contributed by atoms with Gasteiger partial charge in [0.05, 0.1) is 0 Å². The Morgan fingerprint density at radius 2 is 1.68 bits per heavy atom. The van der Waals surface area contributed by atoms with Crippen LogP contribution in [0.3, 0.4) is 0 Å². The standard InChI is InChI=1S/C18H20ClN3O3/c1-13(14-5-3-2-4-6-14)20-11-17(23)21-22-18(24)12-25-16-9-7-15(19)8-10-16/h2-10,13,20H,11-12H2,1H3,(H,21,23)(H,22,24)/p+1/t13-/m0/s1. The van der Waals surface area contributed by atoms with Crippen LogP contribution in [0.5, 0.6) is 5.75 Å². The molecule has 0 bridgehead atoms. The first kappa shape index (κ1) is 18.8. The van der Waals surface area contributed by atoms with E-state index in [0.29, 0.717) is 10.8 Å². The number of ether oxygens (including phenoxy) is 1. The van der Waals surface area contributed by atoms with Gasteiger partial charge in [-0.15, -0.1) is 0 Å². The third kappa shape index (κ3) is 6.82. The average molecular weight is 363 g/mol. The van der Waals surface area contributed by atoms with Crippen LogP contribution in [0.1, 0.15) is 18.5 Å². The highest BCUT2D eigenvalue weighted by Crippen LogP contribution is 2.15. The summed E-state index contributed by atoms with van der Waals surface area (Å²) in [5, 5.41) is 2.48. The number of carbonyl (C=O) groups excluding carboxylic acids is 2. The summed E-state index contributed by atoms with van der Waals surface area (Å²) in [6.45, 7) is 2.02. The topological polar surface area (TPSA) is 84.0 Å². The minimum absolute atomic E-state index is 0.149. The quantitative estimate of drug-likeness (QED) is 0.647. The van der Waals surface area contributed by atoms with Gasteiger partial charge in [-0.2, -0.15) is 0 Å². The van der Waals surface area contributed by atoms with Gasteiger partial charge in [0.25, 0.3) is 11.8 Å². The normalized spacial score (nSPS) is 11.4. The summed E-state index contributed by atoms with van der Waals surface area (Å²) in [7, 11) is 0. The molecule has 0 aliphatic rings. The number of rotatable bonds is 7. The zero-order valence-electron chi connectivity index (χ0n) is 13.9. The molecule has 2 aromatic rings. The van der Waals surface area contributed by atoms with Gasteiger partial charge in [-0.05, 0) is 31.2 Å². The van der Waals surface area contributed by atoms with Gasteiger partial charge in [0, 0.05) is 10.6 Å². The lowest BCUT2D eigenvalue weighted by atomic mass is 10.1. The number of quaternary nitrogens is 1. The summed E-state index contributed by atoms with van der Waals surface area (Å²) in [6, 6.07) is 16.7. The lowest BCUT2D eigenvalue weighted by molar-refractivity contribution is -0.682. The van der Waals surface area contributed by atoms with Gasteiger partial charge in [-0.25, -0.2) is 0 Å². The number of amides is 2. The molecule has 2 amide bonds. The van der Waals surface area contributed by atoms with Gasteiger partial charge in [0.15, 0.2) is 13.2 Å². The molecule has 0 aliphatic heterocycles. The Hall–Kier alpha value is -2.57. The van der Waals surface area contributed by atoms with E-state index in [4.69, 9.17) is 16.3 Å². The minimum atomic E-state index is -0.445. The van der Waals surface area contributed by atoms with E-state index in [1.807, 2.05) is 42.6 Å². The fraction of sp³-hybridized carbons (Fsp3) is 0.222. The molecule has 2 rings (SSSR count). The first-order valence-corrected chi connectivity index (χ1v) is 8.26. The summed E-state index contributed by atoms with van der Waals surface area (Å²) in [5.41, 5.74) is 5.82. The highest BCUT2D eigenvalue weighted by molar-refractivity contribution is 6.30. The molecule has 4 N–H and O–H groups in total. The molecule has 0 saturated heterocycles. The average Bonchev–Trinajstić information content (AvgIpc) is 2.64. The predicted molar refractivity (Wildman–Crippen MR) is 94.9 cm³/mol. The van der Waals surface area contributed by atoms with Crippen LogP contribution in [-0.4, -0.2) is 25.0 Å². The van der Waals surface area contributed by atoms with Crippen LogP contribution in [-0.2, 0) is 9.59 Å². The number of carbonyl (C=O) groups is 2. The largest absolute Gasteiger partial charge is 0.484 e. The van der Waals surface area contributed by atoms with Crippen molar-refractivity contribution in [3.05, 3.63) is 65.2 Å². The second-order valence-corrected chi connectivity index (χ2v) is 5.91. The summed E-state index contributed by atoms with van der Waals surface area (Å²) >= 11 is 5.76. The van der Waals surface area contributed by atoms with Crippen molar-refractivity contribution in [1.82, 2.24) is 10.9 Å². The molecule has 6 nitrogen and oxygen atoms in total. The van der Waals surface area contributed by atoms with E-state index in [0.717, 1.165) is 5.56 Å². The molecule has 1 atom stereocenters. The SMILES string of the molecule is C[C@H]([NH2+]CC(=O)NNC(=O)COc1ccc(Cl)cc1)c1ccccc1. The number of hydrogen-bond acceptors (Lipinski definition) is 3. The maximum atomic E-state index is 11.8. The smallest absolute Gasteiger partial charge is 0.293 e. The van der Waals surface area contributed by atoms with Crippen LogP contribution in [0.2, 0.25) is 5.02 Å². The third-order valence-electron chi connectivity index (χ3n) is 3.51. The van der Waals surface area contributed by atoms with Crippen molar-refractivity contribution in [2.24, 2.45) is 0 Å². The Balaban J connectivity index is 1.64. The van der Waals surface area contributed by atoms with Crippen molar-refractivity contribution in [1.29, 1.82) is 0 Å². The Labute approximate surface area is 151 Å². The fourth-order valence-corrected chi connectivity index (χ4v) is 2.21. The number of nitrogens with one attached hydrogen (secondary N) is 2. The number of benzene rings is 2. The lowest BCUT2D eigenvalue weighted by Gasteiger charge is -2.12. The van der Waals surface area contributed by atoms with E-state index in [1.54, 1.807) is 24.3 Å². The van der Waals surface area contributed by atoms with E-state index >= 15 is 0 Å². The Kier molecular flexibility index (Phi) is 7.25. The minimum Gasteiger partial charge on any atom is -0.484 e. The molecule has 2 aromatic carbocycles. The second-order valence-electron chi connectivity index (χ2n) is 5.48. The second kappa shape index (κ2) is 9.66. The van der Waals surface area contributed by atoms with Gasteiger partial charge in [-0.3, -0.25) is 20.4 Å². The fourth-order valence-electron chi connectivity index (χ4n) is 2.08. The highest BCUT2D eigenvalue weighted by Gasteiger charge is 2.11. The zero-order chi connectivity index (χ0) is 18.1. The molecule has 0 aliphatic carbocycles. The first-order chi connectivity index (χ1) is 12.0. The molecule has 0 spiro atoms. The Bertz CT molecular complexity index is 692. The van der Waals surface area contributed by atoms with Crippen molar-refractivity contribution in [3.8, 4) is 5.75 Å². The summed E-state index contributed by atoms with van der Waals surface area (Å²) < 4.78 is 5.28. The summed E-state index contributed by atoms with van der Waals surface area (Å²) in [4.78, 5) is 23.4. The van der Waals surface area contributed by atoms with Gasteiger partial charge >= 0.3 is 0 Å². The van der Waals surface area contributed by atoms with Crippen LogP contribution in [0.15, 0.2) is 54.6 Å². The molecule has 0 aromatic heterocycles. The van der Waals surface area contributed by atoms with Crippen molar-refractivity contribution in [2.45, 2.75) is 13.0 Å². The maximum Gasteiger partial charge on any atom is 0.293 e. The van der Waals surface area contributed by atoms with Crippen molar-refractivity contribution < 1.29 is 19.6 Å². The molecule has 0 saturated carbocycles. The summed E-state index contributed by atoms with van der Waals surface area (Å²) in [6.07, 6.45) is 0. The number of halogens is 1. The number of hydrazine groups is 1. The first-order valence-electron chi connectivity index (χ1n) is 7.89. The van der Waals surface area contributed by atoms with E-state index < -0.39 is 5.91 Å². The van der Waals surface area contributed by atoms with Crippen molar-refractivity contribution in [2.75, 3.05) is 13.2 Å². The third-order valence-corrected chi connectivity index (χ3v) is 3.76. The van der Waals surface area contributed by atoms with Crippen LogP contribution < -0.4 is 20.9 Å². The van der Waals surface area contributed by atoms with Crippen LogP contribution in [0, 0.1) is 0 Å². The van der Waals surface area contributed by atoms with Crippen LogP contribution in [0.25, 0.3) is 0 Å². The molecule has 132 valence electrons. The van der Waals surface area contributed by atoms with E-state index in [9.17, 15) is 9.59 Å². The van der Waals surface area contributed by atoms with Crippen molar-refractivity contribution in [3.63, 3.8) is 0 Å². The van der Waals surface area contributed by atoms with Crippen LogP contribution >= 0.6 is 11.6 Å². The lowest BCUT2D eigenvalue weighted by Crippen LogP contribution is -2.87. The van der Waals surface area contributed by atoms with Gasteiger partial charge in [-0.1, -0.05) is 41.9 Å². The molecule has 0 fully saturated rings. The Morgan fingerprint density at radius 3 is 2.36 bits per heavy atom. The monoisotopic (exact) mass is 362 g/mol. The van der Waals surface area contributed by atoms with Gasteiger partial charge in [0.1, 0.15) is 11.8 Å². The number of nitrogens with two attached hydrogens (primary N) is 1. The Morgan fingerprint density at radius 1 is 1.04 bits per heavy atom. The molecular weight excluding hydrogens is 342 g/mol. The van der Waals surface area contributed by atoms with E-state index in [2.05, 4.69) is 10.9 Å². The van der Waals surface area contributed by atoms with Crippen LogP contribution in [0.4, 0.5) is 0 Å². The van der Waals surface area contributed by atoms with Crippen molar-refractivity contribution >= 4 is 23.4 Å². The maximum absolute atomic E-state index is 11.8. The van der Waals surface area contributed by atoms with Gasteiger partial charge in [0.2, 0.25) is 0 Å². The van der Waals surface area contributed by atoms with Gasteiger partial charge < -0.3 is 10.1 Å². The molecule has 0 radical (unpaired) electrons. The molecule has 0 unspecified atom stereocenters. The van der Waals surface area contributed by atoms with E-state index in [1.165, 1.54) is 0 Å². The molecule has 25 heavy (non-hydrogen) atoms. The summed E-state index contributed by atoms with van der Waals surface area (Å²) in [5.74, 6) is -0.210. The highest BCUT2D eigenvalue weighted by atomic mass is 35.5. The predicted octanol–water partition coefficient (Wildman–Crippen LogP) is 1.19.